The first-order valence-electron chi connectivity index (χ1n) is 9.40. The van der Waals surface area contributed by atoms with E-state index in [2.05, 4.69) is 59.9 Å². The average molecular weight is 370 g/mol. The molecule has 0 radical (unpaired) electrons. The summed E-state index contributed by atoms with van der Waals surface area (Å²) in [7, 11) is 0. The normalized spacial score (nSPS) is 12.5. The molecule has 0 aliphatic heterocycles. The SMILES string of the molecule is CCCCCCC(=S)CCC(c1cccs1)c1c[nH]c2ccccc12. The van der Waals surface area contributed by atoms with E-state index in [1.807, 2.05) is 11.3 Å². The van der Waals surface area contributed by atoms with E-state index >= 15 is 0 Å². The molecular weight excluding hydrogens is 342 g/mol. The number of H-pyrrole nitrogens is 1. The van der Waals surface area contributed by atoms with E-state index in [-0.39, 0.29) is 0 Å². The summed E-state index contributed by atoms with van der Waals surface area (Å²) in [6.45, 7) is 2.26. The van der Waals surface area contributed by atoms with Crippen molar-refractivity contribution in [3.63, 3.8) is 0 Å². The topological polar surface area (TPSA) is 15.8 Å². The Morgan fingerprint density at radius 2 is 1.96 bits per heavy atom. The van der Waals surface area contributed by atoms with Gasteiger partial charge >= 0.3 is 0 Å². The lowest BCUT2D eigenvalue weighted by atomic mass is 9.91. The third-order valence-electron chi connectivity index (χ3n) is 4.90. The third-order valence-corrected chi connectivity index (χ3v) is 6.30. The van der Waals surface area contributed by atoms with E-state index in [1.165, 1.54) is 51.9 Å². The number of aromatic amines is 1. The molecule has 3 rings (SSSR count). The fourth-order valence-corrected chi connectivity index (χ4v) is 4.64. The summed E-state index contributed by atoms with van der Waals surface area (Å²) in [6.07, 6.45) is 10.6. The third kappa shape index (κ3) is 4.80. The molecule has 1 atom stereocenters. The minimum Gasteiger partial charge on any atom is -0.361 e. The van der Waals surface area contributed by atoms with Gasteiger partial charge in [-0.15, -0.1) is 11.3 Å². The van der Waals surface area contributed by atoms with Crippen LogP contribution in [0.5, 0.6) is 0 Å². The number of para-hydroxylation sites is 1. The lowest BCUT2D eigenvalue weighted by Gasteiger charge is -2.16. The second-order valence-corrected chi connectivity index (χ2v) is 8.30. The van der Waals surface area contributed by atoms with Gasteiger partial charge in [0.1, 0.15) is 0 Å². The molecule has 0 saturated carbocycles. The van der Waals surface area contributed by atoms with Crippen LogP contribution in [0.15, 0.2) is 48.0 Å². The quantitative estimate of drug-likeness (QED) is 0.289. The van der Waals surface area contributed by atoms with Gasteiger partial charge in [0.25, 0.3) is 0 Å². The molecule has 0 aliphatic carbocycles. The molecule has 0 bridgehead atoms. The monoisotopic (exact) mass is 369 g/mol. The molecule has 1 unspecified atom stereocenters. The molecule has 132 valence electrons. The molecule has 2 heterocycles. The molecule has 2 aromatic heterocycles. The largest absolute Gasteiger partial charge is 0.361 e. The van der Waals surface area contributed by atoms with Crippen LogP contribution in [-0.2, 0) is 0 Å². The number of thiocarbonyl (C=S) groups is 1. The van der Waals surface area contributed by atoms with Gasteiger partial charge in [0, 0.05) is 27.9 Å². The molecule has 1 aromatic carbocycles. The maximum absolute atomic E-state index is 5.67. The van der Waals surface area contributed by atoms with Crippen molar-refractivity contribution in [2.45, 2.75) is 57.8 Å². The van der Waals surface area contributed by atoms with Crippen LogP contribution in [0.25, 0.3) is 10.9 Å². The molecule has 0 spiro atoms. The number of aromatic nitrogens is 1. The summed E-state index contributed by atoms with van der Waals surface area (Å²) >= 11 is 7.53. The number of nitrogens with one attached hydrogen (secondary N) is 1. The zero-order valence-electron chi connectivity index (χ0n) is 15.0. The van der Waals surface area contributed by atoms with Crippen LogP contribution in [0.2, 0.25) is 0 Å². The van der Waals surface area contributed by atoms with Crippen molar-refractivity contribution < 1.29 is 0 Å². The molecule has 0 aliphatic rings. The Bertz CT molecular complexity index is 785. The highest BCUT2D eigenvalue weighted by Gasteiger charge is 2.19. The molecule has 0 fully saturated rings. The molecular formula is C22H27NS2. The van der Waals surface area contributed by atoms with Crippen molar-refractivity contribution in [1.82, 2.24) is 4.98 Å². The zero-order valence-corrected chi connectivity index (χ0v) is 16.6. The van der Waals surface area contributed by atoms with Gasteiger partial charge in [-0.1, -0.05) is 62.7 Å². The summed E-state index contributed by atoms with van der Waals surface area (Å²) < 4.78 is 0. The van der Waals surface area contributed by atoms with Crippen LogP contribution in [0.3, 0.4) is 0 Å². The molecule has 3 heteroatoms. The number of benzene rings is 1. The van der Waals surface area contributed by atoms with E-state index in [9.17, 15) is 0 Å². The van der Waals surface area contributed by atoms with E-state index in [0.717, 1.165) is 19.3 Å². The van der Waals surface area contributed by atoms with Gasteiger partial charge in [-0.05, 0) is 53.6 Å². The van der Waals surface area contributed by atoms with Crippen molar-refractivity contribution in [1.29, 1.82) is 0 Å². The standard InChI is InChI=1S/C22H27NS2/c1-2-3-4-5-9-17(24)13-14-19(22-12-8-15-25-22)20-16-23-21-11-7-6-10-18(20)21/h6-8,10-12,15-16,19,23H,2-5,9,13-14H2,1H3. The second kappa shape index (κ2) is 9.30. The van der Waals surface area contributed by atoms with Gasteiger partial charge in [-0.3, -0.25) is 0 Å². The Labute approximate surface area is 160 Å². The zero-order chi connectivity index (χ0) is 17.5. The van der Waals surface area contributed by atoms with E-state index in [4.69, 9.17) is 12.2 Å². The first-order valence-corrected chi connectivity index (χ1v) is 10.7. The van der Waals surface area contributed by atoms with Gasteiger partial charge in [0.2, 0.25) is 0 Å². The number of hydrogen-bond acceptors (Lipinski definition) is 2. The highest BCUT2D eigenvalue weighted by atomic mass is 32.1. The first kappa shape index (κ1) is 18.3. The van der Waals surface area contributed by atoms with Crippen LogP contribution < -0.4 is 0 Å². The lowest BCUT2D eigenvalue weighted by molar-refractivity contribution is 0.677. The molecule has 0 saturated heterocycles. The molecule has 0 amide bonds. The predicted octanol–water partition coefficient (Wildman–Crippen LogP) is 7.48. The van der Waals surface area contributed by atoms with Crippen molar-refractivity contribution in [3.05, 3.63) is 58.4 Å². The molecule has 1 N–H and O–H groups in total. The highest BCUT2D eigenvalue weighted by Crippen LogP contribution is 2.36. The van der Waals surface area contributed by atoms with E-state index in [0.29, 0.717) is 5.92 Å². The second-order valence-electron chi connectivity index (χ2n) is 6.75. The maximum atomic E-state index is 5.67. The number of thiophene rings is 1. The highest BCUT2D eigenvalue weighted by molar-refractivity contribution is 7.80. The van der Waals surface area contributed by atoms with Crippen LogP contribution >= 0.6 is 23.6 Å². The van der Waals surface area contributed by atoms with Crippen molar-refractivity contribution in [2.24, 2.45) is 0 Å². The first-order chi connectivity index (χ1) is 12.3. The van der Waals surface area contributed by atoms with E-state index < -0.39 is 0 Å². The van der Waals surface area contributed by atoms with Gasteiger partial charge in [0.05, 0.1) is 0 Å². The van der Waals surface area contributed by atoms with Crippen LogP contribution in [0, 0.1) is 0 Å². The van der Waals surface area contributed by atoms with Crippen molar-refractivity contribution in [3.8, 4) is 0 Å². The molecule has 1 nitrogen and oxygen atoms in total. The Kier molecular flexibility index (Phi) is 6.83. The summed E-state index contributed by atoms with van der Waals surface area (Å²) in [5, 5.41) is 3.52. The van der Waals surface area contributed by atoms with Crippen molar-refractivity contribution >= 4 is 39.3 Å². The summed E-state index contributed by atoms with van der Waals surface area (Å²) in [5.74, 6) is 0.435. The Balaban J connectivity index is 1.70. The Morgan fingerprint density at radius 1 is 1.08 bits per heavy atom. The summed E-state index contributed by atoms with van der Waals surface area (Å²) in [4.78, 5) is 6.13. The van der Waals surface area contributed by atoms with Gasteiger partial charge in [-0.25, -0.2) is 0 Å². The lowest BCUT2D eigenvalue weighted by Crippen LogP contribution is -2.03. The Morgan fingerprint density at radius 3 is 2.76 bits per heavy atom. The number of fused-ring (bicyclic) bond motifs is 1. The fraction of sp³-hybridized carbons (Fsp3) is 0.409. The predicted molar refractivity (Wildman–Crippen MR) is 115 cm³/mol. The van der Waals surface area contributed by atoms with Gasteiger partial charge in [-0.2, -0.15) is 0 Å². The Hall–Kier alpha value is -1.45. The molecule has 25 heavy (non-hydrogen) atoms. The smallest absolute Gasteiger partial charge is 0.0457 e. The molecule has 3 aromatic rings. The van der Waals surface area contributed by atoms with E-state index in [1.54, 1.807) is 0 Å². The average Bonchev–Trinajstić information content (AvgIpc) is 3.30. The summed E-state index contributed by atoms with van der Waals surface area (Å²) in [5.41, 5.74) is 2.63. The minimum absolute atomic E-state index is 0.435. The number of rotatable bonds is 10. The summed E-state index contributed by atoms with van der Waals surface area (Å²) in [6, 6.07) is 13.0. The van der Waals surface area contributed by atoms with Crippen molar-refractivity contribution in [2.75, 3.05) is 0 Å². The number of unbranched alkanes of at least 4 members (excludes halogenated alkanes) is 3. The minimum atomic E-state index is 0.435. The van der Waals surface area contributed by atoms with Gasteiger partial charge in [0.15, 0.2) is 0 Å². The van der Waals surface area contributed by atoms with Crippen LogP contribution in [0.4, 0.5) is 0 Å². The fourth-order valence-electron chi connectivity index (χ4n) is 3.50. The maximum Gasteiger partial charge on any atom is 0.0457 e. The van der Waals surface area contributed by atoms with Crippen LogP contribution in [-0.4, -0.2) is 9.85 Å². The number of hydrogen-bond donors (Lipinski definition) is 1. The van der Waals surface area contributed by atoms with Crippen LogP contribution in [0.1, 0.15) is 68.2 Å². The van der Waals surface area contributed by atoms with Gasteiger partial charge < -0.3 is 4.98 Å².